The number of halogens is 1. The van der Waals surface area contributed by atoms with E-state index in [9.17, 15) is 9.59 Å². The monoisotopic (exact) mass is 374 g/mol. The molecule has 128 valence electrons. The summed E-state index contributed by atoms with van der Waals surface area (Å²) in [5, 5.41) is 1.13. The van der Waals surface area contributed by atoms with Gasteiger partial charge >= 0.3 is 5.97 Å². The minimum Gasteiger partial charge on any atom is -0.457 e. The zero-order valence-electron chi connectivity index (χ0n) is 13.5. The van der Waals surface area contributed by atoms with Crippen LogP contribution in [0.25, 0.3) is 10.2 Å². The van der Waals surface area contributed by atoms with Crippen LogP contribution < -0.4 is 5.56 Å². The highest BCUT2D eigenvalue weighted by Gasteiger charge is 2.24. The minimum atomic E-state index is -0.440. The van der Waals surface area contributed by atoms with Crippen molar-refractivity contribution in [1.82, 2.24) is 9.55 Å². The normalized spacial score (nSPS) is 13.2. The lowest BCUT2D eigenvalue weighted by Gasteiger charge is -2.04. The smallest absolute Gasteiger partial charge is 0.349 e. The number of fused-ring (bicyclic) bond motifs is 2. The second-order valence-corrected chi connectivity index (χ2v) is 7.47. The number of rotatable bonds is 3. The van der Waals surface area contributed by atoms with Crippen LogP contribution in [0.4, 0.5) is 0 Å². The SMILES string of the molecule is Cc1c(C(=O)OCc2cccc(Cl)c2)sc2nc3n(c(=O)c12)CCC3. The lowest BCUT2D eigenvalue weighted by Crippen LogP contribution is -2.20. The van der Waals surface area contributed by atoms with Crippen molar-refractivity contribution in [2.24, 2.45) is 0 Å². The molecule has 0 bridgehead atoms. The fourth-order valence-corrected chi connectivity index (χ4v) is 4.41. The summed E-state index contributed by atoms with van der Waals surface area (Å²) in [5.74, 6) is 0.364. The van der Waals surface area contributed by atoms with Gasteiger partial charge in [-0.2, -0.15) is 0 Å². The maximum Gasteiger partial charge on any atom is 0.349 e. The van der Waals surface area contributed by atoms with Gasteiger partial charge in [0.1, 0.15) is 22.1 Å². The molecule has 0 radical (unpaired) electrons. The van der Waals surface area contributed by atoms with Crippen LogP contribution in [-0.4, -0.2) is 15.5 Å². The molecule has 0 fully saturated rings. The molecule has 0 spiro atoms. The van der Waals surface area contributed by atoms with E-state index in [4.69, 9.17) is 16.3 Å². The van der Waals surface area contributed by atoms with Crippen LogP contribution in [-0.2, 0) is 24.3 Å². The van der Waals surface area contributed by atoms with Crippen molar-refractivity contribution >= 4 is 39.1 Å². The lowest BCUT2D eigenvalue weighted by molar-refractivity contribution is 0.0478. The number of esters is 1. The van der Waals surface area contributed by atoms with Gasteiger partial charge in [-0.05, 0) is 36.6 Å². The minimum absolute atomic E-state index is 0.0554. The molecule has 2 aromatic heterocycles. The topological polar surface area (TPSA) is 61.2 Å². The molecule has 0 aliphatic carbocycles. The zero-order valence-corrected chi connectivity index (χ0v) is 15.1. The molecular formula is C18H15ClN2O3S. The van der Waals surface area contributed by atoms with Crippen LogP contribution in [0.3, 0.4) is 0 Å². The molecule has 4 rings (SSSR count). The molecule has 0 N–H and O–H groups in total. The summed E-state index contributed by atoms with van der Waals surface area (Å²) in [7, 11) is 0. The van der Waals surface area contributed by atoms with Crippen molar-refractivity contribution < 1.29 is 9.53 Å². The first kappa shape index (κ1) is 16.3. The van der Waals surface area contributed by atoms with Gasteiger partial charge in [0.15, 0.2) is 0 Å². The number of hydrogen-bond acceptors (Lipinski definition) is 5. The number of aryl methyl sites for hydroxylation is 2. The number of ether oxygens (including phenoxy) is 1. The zero-order chi connectivity index (χ0) is 17.6. The first-order valence-corrected chi connectivity index (χ1v) is 9.18. The quantitative estimate of drug-likeness (QED) is 0.655. The van der Waals surface area contributed by atoms with Crippen molar-refractivity contribution in [2.75, 3.05) is 0 Å². The summed E-state index contributed by atoms with van der Waals surface area (Å²) in [6.07, 6.45) is 1.74. The summed E-state index contributed by atoms with van der Waals surface area (Å²) in [4.78, 5) is 30.8. The highest BCUT2D eigenvalue weighted by atomic mass is 35.5. The Hall–Kier alpha value is -2.18. The average Bonchev–Trinajstić information content (AvgIpc) is 3.18. The number of benzene rings is 1. The van der Waals surface area contributed by atoms with Gasteiger partial charge in [-0.1, -0.05) is 23.7 Å². The van der Waals surface area contributed by atoms with Crippen LogP contribution in [0.5, 0.6) is 0 Å². The van der Waals surface area contributed by atoms with Gasteiger partial charge in [0.05, 0.1) is 5.39 Å². The van der Waals surface area contributed by atoms with E-state index in [1.54, 1.807) is 23.6 Å². The Labute approximate surface area is 152 Å². The predicted molar refractivity (Wildman–Crippen MR) is 97.5 cm³/mol. The number of carbonyl (C=O) groups excluding carboxylic acids is 1. The van der Waals surface area contributed by atoms with E-state index in [1.165, 1.54) is 11.3 Å². The maximum absolute atomic E-state index is 12.7. The van der Waals surface area contributed by atoms with E-state index < -0.39 is 5.97 Å². The summed E-state index contributed by atoms with van der Waals surface area (Å²) < 4.78 is 7.11. The highest BCUT2D eigenvalue weighted by Crippen LogP contribution is 2.29. The molecule has 25 heavy (non-hydrogen) atoms. The number of thiophene rings is 1. The second kappa shape index (κ2) is 6.28. The van der Waals surface area contributed by atoms with Gasteiger partial charge in [0.2, 0.25) is 0 Å². The summed E-state index contributed by atoms with van der Waals surface area (Å²) in [5.41, 5.74) is 1.41. The fourth-order valence-electron chi connectivity index (χ4n) is 3.11. The third-order valence-corrected chi connectivity index (χ3v) is 5.76. The number of nitrogens with zero attached hydrogens (tertiary/aromatic N) is 2. The van der Waals surface area contributed by atoms with Gasteiger partial charge < -0.3 is 4.74 Å². The second-order valence-electron chi connectivity index (χ2n) is 6.03. The highest BCUT2D eigenvalue weighted by molar-refractivity contribution is 7.20. The Balaban J connectivity index is 1.65. The van der Waals surface area contributed by atoms with Crippen molar-refractivity contribution in [1.29, 1.82) is 0 Å². The van der Waals surface area contributed by atoms with Gasteiger partial charge in [0.25, 0.3) is 5.56 Å². The first-order chi connectivity index (χ1) is 12.0. The van der Waals surface area contributed by atoms with Crippen LogP contribution in [0.1, 0.15) is 33.0 Å². The third kappa shape index (κ3) is 2.85. The number of aromatic nitrogens is 2. The van der Waals surface area contributed by atoms with Gasteiger partial charge in [-0.25, -0.2) is 9.78 Å². The van der Waals surface area contributed by atoms with Crippen molar-refractivity contribution in [3.63, 3.8) is 0 Å². The summed E-state index contributed by atoms with van der Waals surface area (Å²) >= 11 is 7.16. The molecule has 0 amide bonds. The maximum atomic E-state index is 12.7. The fraction of sp³-hybridized carbons (Fsp3) is 0.278. The van der Waals surface area contributed by atoms with Crippen LogP contribution in [0.15, 0.2) is 29.1 Å². The van der Waals surface area contributed by atoms with Crippen molar-refractivity contribution in [3.05, 3.63) is 61.5 Å². The van der Waals surface area contributed by atoms with Crippen molar-refractivity contribution in [2.45, 2.75) is 32.9 Å². The largest absolute Gasteiger partial charge is 0.457 e. The molecule has 0 unspecified atom stereocenters. The van der Waals surface area contributed by atoms with E-state index in [1.807, 2.05) is 12.1 Å². The average molecular weight is 375 g/mol. The molecular weight excluding hydrogens is 360 g/mol. The van der Waals surface area contributed by atoms with Crippen LogP contribution in [0.2, 0.25) is 5.02 Å². The number of hydrogen-bond donors (Lipinski definition) is 0. The Bertz CT molecular complexity index is 1050. The summed E-state index contributed by atoms with van der Waals surface area (Å²) in [6.45, 7) is 2.61. The molecule has 0 saturated carbocycles. The van der Waals surface area contributed by atoms with E-state index >= 15 is 0 Å². The molecule has 0 saturated heterocycles. The number of carbonyl (C=O) groups is 1. The Morgan fingerprint density at radius 3 is 3.08 bits per heavy atom. The molecule has 3 aromatic rings. The third-order valence-electron chi connectivity index (χ3n) is 4.36. The van der Waals surface area contributed by atoms with Gasteiger partial charge in [0, 0.05) is 18.0 Å². The van der Waals surface area contributed by atoms with Gasteiger partial charge in [-0.3, -0.25) is 9.36 Å². The molecule has 3 heterocycles. The Morgan fingerprint density at radius 1 is 1.44 bits per heavy atom. The predicted octanol–water partition coefficient (Wildman–Crippen LogP) is 3.72. The van der Waals surface area contributed by atoms with Crippen LogP contribution >= 0.6 is 22.9 Å². The lowest BCUT2D eigenvalue weighted by atomic mass is 10.2. The first-order valence-electron chi connectivity index (χ1n) is 7.99. The molecule has 7 heteroatoms. The van der Waals surface area contributed by atoms with E-state index in [2.05, 4.69) is 4.98 Å². The molecule has 1 aliphatic heterocycles. The molecule has 1 aromatic carbocycles. The Kier molecular flexibility index (Phi) is 4.09. The molecule has 0 atom stereocenters. The van der Waals surface area contributed by atoms with E-state index in [0.29, 0.717) is 32.2 Å². The van der Waals surface area contributed by atoms with E-state index in [-0.39, 0.29) is 12.2 Å². The Morgan fingerprint density at radius 2 is 2.28 bits per heavy atom. The van der Waals surface area contributed by atoms with Gasteiger partial charge in [-0.15, -0.1) is 11.3 Å². The standard InChI is InChI=1S/C18H15ClN2O3S/c1-10-14-16(20-13-6-3-7-21(13)17(14)22)25-15(10)18(23)24-9-11-4-2-5-12(19)8-11/h2,4-5,8H,3,6-7,9H2,1H3. The molecule has 5 nitrogen and oxygen atoms in total. The molecule has 1 aliphatic rings. The summed E-state index contributed by atoms with van der Waals surface area (Å²) in [6, 6.07) is 7.17. The van der Waals surface area contributed by atoms with Crippen molar-refractivity contribution in [3.8, 4) is 0 Å². The van der Waals surface area contributed by atoms with E-state index in [0.717, 1.165) is 24.2 Å². The van der Waals surface area contributed by atoms with Crippen LogP contribution in [0, 0.1) is 6.92 Å².